The van der Waals surface area contributed by atoms with Crippen LogP contribution in [0.2, 0.25) is 0 Å². The predicted octanol–water partition coefficient (Wildman–Crippen LogP) is 3.02. The van der Waals surface area contributed by atoms with Gasteiger partial charge in [0.2, 0.25) is 0 Å². The van der Waals surface area contributed by atoms with Crippen LogP contribution in [0.3, 0.4) is 0 Å². The van der Waals surface area contributed by atoms with Crippen LogP contribution in [0.25, 0.3) is 0 Å². The molecule has 1 aliphatic heterocycles. The van der Waals surface area contributed by atoms with Crippen LogP contribution in [0.1, 0.15) is 25.7 Å². The van der Waals surface area contributed by atoms with E-state index in [0.717, 1.165) is 16.4 Å². The molecule has 11 heavy (non-hydrogen) atoms. The second-order valence-electron chi connectivity index (χ2n) is 3.67. The summed E-state index contributed by atoms with van der Waals surface area (Å²) in [5.41, 5.74) is 0. The molecule has 2 aliphatic rings. The fourth-order valence-corrected chi connectivity index (χ4v) is 3.86. The Morgan fingerprint density at radius 2 is 2.27 bits per heavy atom. The van der Waals surface area contributed by atoms with Crippen molar-refractivity contribution in [2.75, 3.05) is 12.0 Å². The minimum atomic E-state index is 1.08. The highest BCUT2D eigenvalue weighted by molar-refractivity contribution is 8.07. The van der Waals surface area contributed by atoms with Gasteiger partial charge in [-0.2, -0.15) is 23.5 Å². The fourth-order valence-electron chi connectivity index (χ4n) is 2.03. The van der Waals surface area contributed by atoms with Gasteiger partial charge < -0.3 is 0 Å². The quantitative estimate of drug-likeness (QED) is 0.624. The molecule has 0 aromatic carbocycles. The summed E-state index contributed by atoms with van der Waals surface area (Å²) in [6.45, 7) is 0. The molecule has 2 fully saturated rings. The lowest BCUT2D eigenvalue weighted by molar-refractivity contribution is 0.389. The van der Waals surface area contributed by atoms with Crippen molar-refractivity contribution in [2.45, 2.75) is 36.2 Å². The number of thioether (sulfide) groups is 2. The molecule has 0 nitrogen and oxygen atoms in total. The fraction of sp³-hybridized carbons (Fsp3) is 1.00. The zero-order valence-electron chi connectivity index (χ0n) is 7.08. The summed E-state index contributed by atoms with van der Waals surface area (Å²) in [6, 6.07) is 0. The highest BCUT2D eigenvalue weighted by Crippen LogP contribution is 2.52. The molecule has 1 saturated heterocycles. The van der Waals surface area contributed by atoms with Crippen molar-refractivity contribution in [1.82, 2.24) is 0 Å². The van der Waals surface area contributed by atoms with E-state index in [9.17, 15) is 0 Å². The lowest BCUT2D eigenvalue weighted by Crippen LogP contribution is -2.13. The first-order valence-corrected chi connectivity index (χ1v) is 6.88. The third-order valence-corrected chi connectivity index (χ3v) is 4.96. The molecule has 0 aromatic rings. The zero-order chi connectivity index (χ0) is 7.68. The van der Waals surface area contributed by atoms with E-state index in [1.54, 1.807) is 0 Å². The normalized spacial score (nSPS) is 41.7. The van der Waals surface area contributed by atoms with Crippen molar-refractivity contribution in [3.05, 3.63) is 0 Å². The monoisotopic (exact) mass is 188 g/mol. The third kappa shape index (κ3) is 2.09. The Morgan fingerprint density at radius 1 is 1.36 bits per heavy atom. The zero-order valence-corrected chi connectivity index (χ0v) is 8.72. The first-order valence-electron chi connectivity index (χ1n) is 4.54. The molecule has 0 bridgehead atoms. The van der Waals surface area contributed by atoms with Crippen molar-refractivity contribution in [3.8, 4) is 0 Å². The number of rotatable bonds is 3. The van der Waals surface area contributed by atoms with Crippen LogP contribution >= 0.6 is 23.5 Å². The Bertz CT molecular complexity index is 136. The maximum Gasteiger partial charge on any atom is 0.0172 e. The third-order valence-electron chi connectivity index (χ3n) is 2.84. The van der Waals surface area contributed by atoms with Gasteiger partial charge in [0.05, 0.1) is 0 Å². The van der Waals surface area contributed by atoms with E-state index in [2.05, 4.69) is 18.0 Å². The maximum atomic E-state index is 2.23. The van der Waals surface area contributed by atoms with Crippen LogP contribution in [0.5, 0.6) is 0 Å². The first-order chi connectivity index (χ1) is 5.40. The SMILES string of the molecule is CSCCC1CCC2SC2C1. The van der Waals surface area contributed by atoms with Gasteiger partial charge in [0.25, 0.3) is 0 Å². The average molecular weight is 188 g/mol. The lowest BCUT2D eigenvalue weighted by atomic mass is 9.88. The lowest BCUT2D eigenvalue weighted by Gasteiger charge is -2.19. The van der Waals surface area contributed by atoms with Gasteiger partial charge in [0, 0.05) is 10.5 Å². The molecule has 3 atom stereocenters. The second kappa shape index (κ2) is 3.61. The van der Waals surface area contributed by atoms with Gasteiger partial charge >= 0.3 is 0 Å². The summed E-state index contributed by atoms with van der Waals surface area (Å²) in [7, 11) is 0. The molecule has 0 aromatic heterocycles. The molecule has 1 heterocycles. The molecule has 0 amide bonds. The molecule has 64 valence electrons. The standard InChI is InChI=1S/C9H16S2/c1-10-5-4-7-2-3-8-9(6-7)11-8/h7-9H,2-6H2,1H3. The summed E-state index contributed by atoms with van der Waals surface area (Å²) < 4.78 is 0. The Morgan fingerprint density at radius 3 is 3.00 bits per heavy atom. The van der Waals surface area contributed by atoms with Gasteiger partial charge in [-0.1, -0.05) is 0 Å². The van der Waals surface area contributed by atoms with E-state index in [1.165, 1.54) is 31.4 Å². The number of fused-ring (bicyclic) bond motifs is 1. The molecule has 2 rings (SSSR count). The molecule has 2 heteroatoms. The van der Waals surface area contributed by atoms with Crippen LogP contribution in [0.4, 0.5) is 0 Å². The van der Waals surface area contributed by atoms with Gasteiger partial charge in [-0.25, -0.2) is 0 Å². The van der Waals surface area contributed by atoms with Crippen LogP contribution in [-0.2, 0) is 0 Å². The van der Waals surface area contributed by atoms with Crippen molar-refractivity contribution in [3.63, 3.8) is 0 Å². The van der Waals surface area contributed by atoms with Gasteiger partial charge in [-0.05, 0) is 43.6 Å². The van der Waals surface area contributed by atoms with Crippen molar-refractivity contribution < 1.29 is 0 Å². The van der Waals surface area contributed by atoms with E-state index in [4.69, 9.17) is 0 Å². The molecule has 0 spiro atoms. The highest BCUT2D eigenvalue weighted by Gasteiger charge is 2.42. The van der Waals surface area contributed by atoms with E-state index in [1.807, 2.05) is 11.8 Å². The van der Waals surface area contributed by atoms with Gasteiger partial charge in [0.15, 0.2) is 0 Å². The molecular weight excluding hydrogens is 172 g/mol. The topological polar surface area (TPSA) is 0 Å². The Balaban J connectivity index is 1.68. The number of hydrogen-bond acceptors (Lipinski definition) is 2. The molecule has 0 radical (unpaired) electrons. The summed E-state index contributed by atoms with van der Waals surface area (Å²) >= 11 is 4.23. The minimum Gasteiger partial charge on any atom is -0.165 e. The van der Waals surface area contributed by atoms with E-state index in [0.29, 0.717) is 0 Å². The van der Waals surface area contributed by atoms with Crippen molar-refractivity contribution in [1.29, 1.82) is 0 Å². The van der Waals surface area contributed by atoms with Crippen molar-refractivity contribution >= 4 is 23.5 Å². The Hall–Kier alpha value is 0.700. The average Bonchev–Trinajstić information content (AvgIpc) is 2.78. The van der Waals surface area contributed by atoms with Crippen LogP contribution in [-0.4, -0.2) is 22.5 Å². The van der Waals surface area contributed by atoms with E-state index >= 15 is 0 Å². The van der Waals surface area contributed by atoms with Crippen molar-refractivity contribution in [2.24, 2.45) is 5.92 Å². The van der Waals surface area contributed by atoms with Crippen LogP contribution < -0.4 is 0 Å². The summed E-state index contributed by atoms with van der Waals surface area (Å²) in [4.78, 5) is 0. The summed E-state index contributed by atoms with van der Waals surface area (Å²) in [5, 5.41) is 2.19. The van der Waals surface area contributed by atoms with Gasteiger partial charge in [-0.15, -0.1) is 0 Å². The Labute approximate surface area is 77.9 Å². The maximum absolute atomic E-state index is 2.23. The van der Waals surface area contributed by atoms with E-state index in [-0.39, 0.29) is 0 Å². The number of hydrogen-bond donors (Lipinski definition) is 0. The van der Waals surface area contributed by atoms with Gasteiger partial charge in [0.1, 0.15) is 0 Å². The molecular formula is C9H16S2. The Kier molecular flexibility index (Phi) is 2.73. The van der Waals surface area contributed by atoms with Gasteiger partial charge in [-0.3, -0.25) is 0 Å². The smallest absolute Gasteiger partial charge is 0.0172 e. The molecule has 1 aliphatic carbocycles. The first kappa shape index (κ1) is 8.31. The second-order valence-corrected chi connectivity index (χ2v) is 6.14. The summed E-state index contributed by atoms with van der Waals surface area (Å²) in [6.07, 6.45) is 8.28. The largest absolute Gasteiger partial charge is 0.165 e. The molecule has 3 unspecified atom stereocenters. The van der Waals surface area contributed by atoms with Crippen LogP contribution in [0.15, 0.2) is 0 Å². The van der Waals surface area contributed by atoms with E-state index < -0.39 is 0 Å². The summed E-state index contributed by atoms with van der Waals surface area (Å²) in [5.74, 6) is 2.46. The molecule has 1 saturated carbocycles. The minimum absolute atomic E-state index is 1.08. The highest BCUT2D eigenvalue weighted by atomic mass is 32.2. The molecule has 0 N–H and O–H groups in total. The predicted molar refractivity (Wildman–Crippen MR) is 55.5 cm³/mol. The van der Waals surface area contributed by atoms with Crippen LogP contribution in [0, 0.1) is 5.92 Å².